The average molecular weight is 310 g/mol. The first kappa shape index (κ1) is 16.5. The van der Waals surface area contributed by atoms with Crippen LogP contribution < -0.4 is 5.32 Å². The molecular formula is C16H26N2O2S. The molecule has 2 rings (SSSR count). The molecule has 1 fully saturated rings. The summed E-state index contributed by atoms with van der Waals surface area (Å²) < 4.78 is 27.2. The first-order valence-electron chi connectivity index (χ1n) is 7.77. The number of hydrogen-bond donors (Lipinski definition) is 1. The zero-order valence-electron chi connectivity index (χ0n) is 13.3. The maximum Gasteiger partial charge on any atom is 0.243 e. The summed E-state index contributed by atoms with van der Waals surface area (Å²) >= 11 is 0. The number of nitrogens with zero attached hydrogens (tertiary/aromatic N) is 1. The van der Waals surface area contributed by atoms with Gasteiger partial charge in [-0.15, -0.1) is 0 Å². The van der Waals surface area contributed by atoms with Crippen molar-refractivity contribution < 1.29 is 8.42 Å². The van der Waals surface area contributed by atoms with Crippen molar-refractivity contribution in [3.05, 3.63) is 28.8 Å². The molecule has 21 heavy (non-hydrogen) atoms. The monoisotopic (exact) mass is 310 g/mol. The van der Waals surface area contributed by atoms with Gasteiger partial charge >= 0.3 is 0 Å². The minimum atomic E-state index is -3.34. The van der Waals surface area contributed by atoms with E-state index < -0.39 is 10.0 Å². The van der Waals surface area contributed by atoms with Crippen LogP contribution >= 0.6 is 0 Å². The number of hydrogen-bond acceptors (Lipinski definition) is 3. The Bertz CT molecular complexity index is 591. The normalized spacial score (nSPS) is 16.5. The van der Waals surface area contributed by atoms with Gasteiger partial charge in [0.15, 0.2) is 0 Å². The maximum absolute atomic E-state index is 12.8. The molecule has 0 spiro atoms. The van der Waals surface area contributed by atoms with Gasteiger partial charge in [0.05, 0.1) is 4.90 Å². The van der Waals surface area contributed by atoms with E-state index in [1.807, 2.05) is 19.9 Å². The van der Waals surface area contributed by atoms with Gasteiger partial charge in [-0.1, -0.05) is 13.0 Å². The molecule has 118 valence electrons. The second-order valence-corrected chi connectivity index (χ2v) is 7.73. The second kappa shape index (κ2) is 6.90. The van der Waals surface area contributed by atoms with E-state index >= 15 is 0 Å². The van der Waals surface area contributed by atoms with E-state index in [-0.39, 0.29) is 0 Å². The zero-order chi connectivity index (χ0) is 15.5. The SMILES string of the molecule is CCCNCc1cc(C)c(C)c(S(=O)(=O)N2CCCC2)c1. The van der Waals surface area contributed by atoms with Crippen LogP contribution in [-0.2, 0) is 16.6 Å². The Balaban J connectivity index is 2.33. The van der Waals surface area contributed by atoms with Gasteiger partial charge in [0.2, 0.25) is 10.0 Å². The molecule has 1 aromatic rings. The lowest BCUT2D eigenvalue weighted by atomic mass is 10.1. The summed E-state index contributed by atoms with van der Waals surface area (Å²) in [5, 5.41) is 3.34. The summed E-state index contributed by atoms with van der Waals surface area (Å²) in [6, 6.07) is 3.93. The fourth-order valence-corrected chi connectivity index (χ4v) is 4.61. The summed E-state index contributed by atoms with van der Waals surface area (Å²) in [7, 11) is -3.34. The van der Waals surface area contributed by atoms with E-state index in [0.29, 0.717) is 18.0 Å². The van der Waals surface area contributed by atoms with Gasteiger partial charge in [0.1, 0.15) is 0 Å². The molecule has 0 radical (unpaired) electrons. The van der Waals surface area contributed by atoms with Crippen molar-refractivity contribution in [1.29, 1.82) is 0 Å². The quantitative estimate of drug-likeness (QED) is 0.822. The highest BCUT2D eigenvalue weighted by Crippen LogP contribution is 2.26. The van der Waals surface area contributed by atoms with Crippen molar-refractivity contribution >= 4 is 10.0 Å². The van der Waals surface area contributed by atoms with Crippen molar-refractivity contribution in [3.8, 4) is 0 Å². The van der Waals surface area contributed by atoms with Crippen molar-refractivity contribution in [3.63, 3.8) is 0 Å². The molecule has 0 aliphatic carbocycles. The molecule has 4 nitrogen and oxygen atoms in total. The van der Waals surface area contributed by atoms with Crippen LogP contribution in [0.4, 0.5) is 0 Å². The Hall–Kier alpha value is -0.910. The van der Waals surface area contributed by atoms with Crippen molar-refractivity contribution in [2.75, 3.05) is 19.6 Å². The van der Waals surface area contributed by atoms with Gasteiger partial charge in [-0.3, -0.25) is 0 Å². The molecule has 0 unspecified atom stereocenters. The molecule has 5 heteroatoms. The van der Waals surface area contributed by atoms with E-state index in [9.17, 15) is 8.42 Å². The molecule has 1 N–H and O–H groups in total. The second-order valence-electron chi connectivity index (χ2n) is 5.82. The molecule has 0 atom stereocenters. The highest BCUT2D eigenvalue weighted by Gasteiger charge is 2.29. The largest absolute Gasteiger partial charge is 0.313 e. The number of benzene rings is 1. The summed E-state index contributed by atoms with van der Waals surface area (Å²) in [4.78, 5) is 0.484. The summed E-state index contributed by atoms with van der Waals surface area (Å²) in [6.45, 7) is 8.98. The van der Waals surface area contributed by atoms with Crippen LogP contribution in [0.25, 0.3) is 0 Å². The van der Waals surface area contributed by atoms with Crippen LogP contribution in [0.15, 0.2) is 17.0 Å². The van der Waals surface area contributed by atoms with Crippen LogP contribution in [0, 0.1) is 13.8 Å². The molecule has 0 aromatic heterocycles. The molecule has 1 aliphatic rings. The van der Waals surface area contributed by atoms with Crippen LogP contribution in [0.1, 0.15) is 42.9 Å². The minimum absolute atomic E-state index is 0.484. The van der Waals surface area contributed by atoms with Gasteiger partial charge in [-0.2, -0.15) is 4.31 Å². The maximum atomic E-state index is 12.8. The van der Waals surface area contributed by atoms with E-state index in [4.69, 9.17) is 0 Å². The lowest BCUT2D eigenvalue weighted by Gasteiger charge is -2.19. The van der Waals surface area contributed by atoms with Gasteiger partial charge in [0, 0.05) is 19.6 Å². The van der Waals surface area contributed by atoms with E-state index in [2.05, 4.69) is 18.3 Å². The van der Waals surface area contributed by atoms with E-state index in [0.717, 1.165) is 49.0 Å². The van der Waals surface area contributed by atoms with Crippen LogP contribution in [0.3, 0.4) is 0 Å². The Labute approximate surface area is 128 Å². The van der Waals surface area contributed by atoms with Crippen molar-refractivity contribution in [2.24, 2.45) is 0 Å². The number of nitrogens with one attached hydrogen (secondary N) is 1. The van der Waals surface area contributed by atoms with Gasteiger partial charge in [0.25, 0.3) is 0 Å². The highest BCUT2D eigenvalue weighted by atomic mass is 32.2. The number of rotatable bonds is 6. The third-order valence-electron chi connectivity index (χ3n) is 4.12. The Kier molecular flexibility index (Phi) is 5.41. The van der Waals surface area contributed by atoms with Crippen LogP contribution in [0.2, 0.25) is 0 Å². The lowest BCUT2D eigenvalue weighted by molar-refractivity contribution is 0.476. The van der Waals surface area contributed by atoms with Gasteiger partial charge < -0.3 is 5.32 Å². The minimum Gasteiger partial charge on any atom is -0.313 e. The first-order valence-corrected chi connectivity index (χ1v) is 9.22. The Morgan fingerprint density at radius 2 is 1.86 bits per heavy atom. The third-order valence-corrected chi connectivity index (χ3v) is 6.14. The number of aryl methyl sites for hydroxylation is 1. The predicted octanol–water partition coefficient (Wildman–Crippen LogP) is 2.59. The van der Waals surface area contributed by atoms with Crippen LogP contribution in [0.5, 0.6) is 0 Å². The molecule has 0 amide bonds. The zero-order valence-corrected chi connectivity index (χ0v) is 14.1. The first-order chi connectivity index (χ1) is 9.96. The molecule has 0 bridgehead atoms. The van der Waals surface area contributed by atoms with E-state index in [1.165, 1.54) is 0 Å². The fraction of sp³-hybridized carbons (Fsp3) is 0.625. The highest BCUT2D eigenvalue weighted by molar-refractivity contribution is 7.89. The molecule has 1 saturated heterocycles. The smallest absolute Gasteiger partial charge is 0.243 e. The van der Waals surface area contributed by atoms with Crippen LogP contribution in [-0.4, -0.2) is 32.4 Å². The molecule has 1 heterocycles. The molecular weight excluding hydrogens is 284 g/mol. The standard InChI is InChI=1S/C16H26N2O2S/c1-4-7-17-12-15-10-13(2)14(3)16(11-15)21(19,20)18-8-5-6-9-18/h10-11,17H,4-9,12H2,1-3H3. The average Bonchev–Trinajstić information content (AvgIpc) is 2.97. The lowest BCUT2D eigenvalue weighted by Crippen LogP contribution is -2.29. The summed E-state index contributed by atoms with van der Waals surface area (Å²) in [5.41, 5.74) is 2.97. The Morgan fingerprint density at radius 1 is 1.19 bits per heavy atom. The van der Waals surface area contributed by atoms with Gasteiger partial charge in [-0.05, 0) is 62.4 Å². The molecule has 0 saturated carbocycles. The van der Waals surface area contributed by atoms with Crippen molar-refractivity contribution in [2.45, 2.75) is 51.5 Å². The van der Waals surface area contributed by atoms with E-state index in [1.54, 1.807) is 4.31 Å². The predicted molar refractivity (Wildman–Crippen MR) is 85.9 cm³/mol. The summed E-state index contributed by atoms with van der Waals surface area (Å²) in [5.74, 6) is 0. The topological polar surface area (TPSA) is 49.4 Å². The molecule has 1 aliphatic heterocycles. The van der Waals surface area contributed by atoms with Crippen molar-refractivity contribution in [1.82, 2.24) is 9.62 Å². The Morgan fingerprint density at radius 3 is 2.48 bits per heavy atom. The number of sulfonamides is 1. The third kappa shape index (κ3) is 3.65. The summed E-state index contributed by atoms with van der Waals surface area (Å²) in [6.07, 6.45) is 3.01. The molecule has 1 aromatic carbocycles. The van der Waals surface area contributed by atoms with Gasteiger partial charge in [-0.25, -0.2) is 8.42 Å². The fourth-order valence-electron chi connectivity index (χ4n) is 2.75.